The van der Waals surface area contributed by atoms with Crippen LogP contribution in [-0.2, 0) is 15.3 Å². The lowest BCUT2D eigenvalue weighted by Crippen LogP contribution is -2.42. The van der Waals surface area contributed by atoms with Crippen molar-refractivity contribution in [3.63, 3.8) is 0 Å². The van der Waals surface area contributed by atoms with E-state index in [1.165, 1.54) is 0 Å². The van der Waals surface area contributed by atoms with E-state index >= 15 is 0 Å². The second-order valence-corrected chi connectivity index (χ2v) is 4.54. The molecule has 0 N–H and O–H groups in total. The molecule has 2 aromatic rings. The molecule has 0 spiro atoms. The summed E-state index contributed by atoms with van der Waals surface area (Å²) < 4.78 is 11.6. The number of carbonyl (C=O) groups is 1. The summed E-state index contributed by atoms with van der Waals surface area (Å²) in [6.07, 6.45) is 0. The summed E-state index contributed by atoms with van der Waals surface area (Å²) >= 11 is 0. The Labute approximate surface area is 125 Å². The van der Waals surface area contributed by atoms with E-state index in [0.29, 0.717) is 24.3 Å². The minimum absolute atomic E-state index is 0.182. The Hall–Kier alpha value is -1.97. The molecule has 0 saturated carbocycles. The number of Topliss-reactive ketones (excluding diaryl/α,β-unsaturated/α-hetero) is 1. The maximum absolute atomic E-state index is 13.0. The summed E-state index contributed by atoms with van der Waals surface area (Å²) in [5.74, 6) is -1.57. The summed E-state index contributed by atoms with van der Waals surface area (Å²) in [6.45, 7) is 4.48. The van der Waals surface area contributed by atoms with E-state index < -0.39 is 5.79 Å². The first-order valence-corrected chi connectivity index (χ1v) is 7.18. The van der Waals surface area contributed by atoms with Crippen molar-refractivity contribution in [3.05, 3.63) is 71.8 Å². The minimum Gasteiger partial charge on any atom is -0.340 e. The first-order valence-electron chi connectivity index (χ1n) is 7.18. The molecular weight excluding hydrogens is 264 g/mol. The summed E-state index contributed by atoms with van der Waals surface area (Å²) in [6, 6.07) is 18.5. The van der Waals surface area contributed by atoms with E-state index in [0.717, 1.165) is 0 Å². The van der Waals surface area contributed by atoms with E-state index in [4.69, 9.17) is 9.47 Å². The van der Waals surface area contributed by atoms with Gasteiger partial charge in [-0.3, -0.25) is 4.79 Å². The third kappa shape index (κ3) is 3.20. The molecule has 0 aromatic heterocycles. The summed E-state index contributed by atoms with van der Waals surface area (Å²) in [5.41, 5.74) is 1.28. The molecule has 0 bridgehead atoms. The Morgan fingerprint density at radius 3 is 1.81 bits per heavy atom. The number of ether oxygens (including phenoxy) is 2. The maximum atomic E-state index is 13.0. The van der Waals surface area contributed by atoms with E-state index in [-0.39, 0.29) is 5.78 Å². The molecule has 0 radical (unpaired) electrons. The van der Waals surface area contributed by atoms with Crippen molar-refractivity contribution in [3.8, 4) is 0 Å². The van der Waals surface area contributed by atoms with Crippen LogP contribution in [0.5, 0.6) is 0 Å². The van der Waals surface area contributed by atoms with Gasteiger partial charge in [0, 0.05) is 24.3 Å². The quantitative estimate of drug-likeness (QED) is 0.573. The SMILES string of the molecule is CCOC(OCC)(C(=O)c1ccccc1)c1ccccc1. The van der Waals surface area contributed by atoms with Gasteiger partial charge in [-0.25, -0.2) is 0 Å². The van der Waals surface area contributed by atoms with E-state index in [1.807, 2.05) is 62.4 Å². The fraction of sp³-hybridized carbons (Fsp3) is 0.278. The highest BCUT2D eigenvalue weighted by Gasteiger charge is 2.42. The Kier molecular flexibility index (Phi) is 5.26. The zero-order chi connectivity index (χ0) is 15.1. The van der Waals surface area contributed by atoms with Crippen molar-refractivity contribution in [1.82, 2.24) is 0 Å². The molecule has 0 aliphatic carbocycles. The largest absolute Gasteiger partial charge is 0.340 e. The van der Waals surface area contributed by atoms with Gasteiger partial charge in [-0.05, 0) is 13.8 Å². The van der Waals surface area contributed by atoms with Crippen molar-refractivity contribution in [2.24, 2.45) is 0 Å². The van der Waals surface area contributed by atoms with Gasteiger partial charge in [0.15, 0.2) is 0 Å². The Balaban J connectivity index is 2.51. The third-order valence-electron chi connectivity index (χ3n) is 3.18. The van der Waals surface area contributed by atoms with Crippen molar-refractivity contribution in [2.45, 2.75) is 19.6 Å². The van der Waals surface area contributed by atoms with Crippen LogP contribution >= 0.6 is 0 Å². The van der Waals surface area contributed by atoms with E-state index in [1.54, 1.807) is 12.1 Å². The third-order valence-corrected chi connectivity index (χ3v) is 3.18. The molecule has 3 nitrogen and oxygen atoms in total. The van der Waals surface area contributed by atoms with Crippen LogP contribution in [0.4, 0.5) is 0 Å². The molecule has 3 heteroatoms. The van der Waals surface area contributed by atoms with E-state index in [9.17, 15) is 4.79 Å². The number of carbonyl (C=O) groups excluding carboxylic acids is 1. The van der Waals surface area contributed by atoms with Crippen LogP contribution in [0.3, 0.4) is 0 Å². The highest BCUT2D eigenvalue weighted by Crippen LogP contribution is 2.31. The average molecular weight is 284 g/mol. The van der Waals surface area contributed by atoms with Crippen LogP contribution in [0, 0.1) is 0 Å². The standard InChI is InChI=1S/C18H20O3/c1-3-20-18(21-4-2,16-13-9-6-10-14-16)17(19)15-11-7-5-8-12-15/h5-14H,3-4H2,1-2H3. The van der Waals surface area contributed by atoms with Crippen LogP contribution in [-0.4, -0.2) is 19.0 Å². The monoisotopic (exact) mass is 284 g/mol. The molecule has 2 aromatic carbocycles. The molecule has 110 valence electrons. The van der Waals surface area contributed by atoms with Crippen LogP contribution in [0.15, 0.2) is 60.7 Å². The van der Waals surface area contributed by atoms with Crippen LogP contribution < -0.4 is 0 Å². The first-order chi connectivity index (χ1) is 10.2. The fourth-order valence-corrected chi connectivity index (χ4v) is 2.31. The van der Waals surface area contributed by atoms with Gasteiger partial charge in [0.1, 0.15) is 0 Å². The molecule has 0 atom stereocenters. The lowest BCUT2D eigenvalue weighted by molar-refractivity contribution is -0.204. The first kappa shape index (κ1) is 15.4. The molecule has 0 aliphatic rings. The Morgan fingerprint density at radius 2 is 1.33 bits per heavy atom. The second-order valence-electron chi connectivity index (χ2n) is 4.54. The summed E-state index contributed by atoms with van der Waals surface area (Å²) in [5, 5.41) is 0. The van der Waals surface area contributed by atoms with Gasteiger partial charge in [-0.15, -0.1) is 0 Å². The average Bonchev–Trinajstić information content (AvgIpc) is 2.55. The minimum atomic E-state index is -1.38. The number of rotatable bonds is 7. The molecule has 0 amide bonds. The van der Waals surface area contributed by atoms with Gasteiger partial charge in [0.2, 0.25) is 5.78 Å². The van der Waals surface area contributed by atoms with Crippen molar-refractivity contribution < 1.29 is 14.3 Å². The van der Waals surface area contributed by atoms with Crippen LogP contribution in [0.25, 0.3) is 0 Å². The molecule has 0 fully saturated rings. The molecule has 2 rings (SSSR count). The highest BCUT2D eigenvalue weighted by molar-refractivity contribution is 6.02. The Bertz CT molecular complexity index is 558. The molecule has 0 saturated heterocycles. The normalized spacial score (nSPS) is 11.3. The number of ketones is 1. The molecule has 0 aliphatic heterocycles. The topological polar surface area (TPSA) is 35.5 Å². The summed E-state index contributed by atoms with van der Waals surface area (Å²) in [7, 11) is 0. The zero-order valence-electron chi connectivity index (χ0n) is 12.4. The van der Waals surface area contributed by atoms with Gasteiger partial charge in [0.25, 0.3) is 5.79 Å². The van der Waals surface area contributed by atoms with Crippen LogP contribution in [0.2, 0.25) is 0 Å². The lowest BCUT2D eigenvalue weighted by Gasteiger charge is -2.32. The fourth-order valence-electron chi connectivity index (χ4n) is 2.31. The number of benzene rings is 2. The van der Waals surface area contributed by atoms with Gasteiger partial charge in [0.05, 0.1) is 0 Å². The lowest BCUT2D eigenvalue weighted by atomic mass is 9.95. The van der Waals surface area contributed by atoms with Gasteiger partial charge in [-0.1, -0.05) is 60.7 Å². The molecule has 21 heavy (non-hydrogen) atoms. The maximum Gasteiger partial charge on any atom is 0.261 e. The highest BCUT2D eigenvalue weighted by atomic mass is 16.7. The zero-order valence-corrected chi connectivity index (χ0v) is 12.4. The van der Waals surface area contributed by atoms with Crippen molar-refractivity contribution >= 4 is 5.78 Å². The predicted molar refractivity (Wildman–Crippen MR) is 82.1 cm³/mol. The number of hydrogen-bond acceptors (Lipinski definition) is 3. The van der Waals surface area contributed by atoms with Crippen molar-refractivity contribution in [2.75, 3.05) is 13.2 Å². The molecule has 0 heterocycles. The van der Waals surface area contributed by atoms with Crippen molar-refractivity contribution in [1.29, 1.82) is 0 Å². The second kappa shape index (κ2) is 7.16. The summed E-state index contributed by atoms with van der Waals surface area (Å²) in [4.78, 5) is 13.0. The van der Waals surface area contributed by atoms with Gasteiger partial charge >= 0.3 is 0 Å². The van der Waals surface area contributed by atoms with Gasteiger partial charge in [-0.2, -0.15) is 0 Å². The Morgan fingerprint density at radius 1 is 0.857 bits per heavy atom. The molecular formula is C18H20O3. The predicted octanol–water partition coefficient (Wildman–Crippen LogP) is 3.80. The molecule has 0 unspecified atom stereocenters. The number of hydrogen-bond donors (Lipinski definition) is 0. The van der Waals surface area contributed by atoms with Crippen LogP contribution in [0.1, 0.15) is 29.8 Å². The van der Waals surface area contributed by atoms with E-state index in [2.05, 4.69) is 0 Å². The smallest absolute Gasteiger partial charge is 0.261 e. The van der Waals surface area contributed by atoms with Gasteiger partial charge < -0.3 is 9.47 Å².